The maximum Gasteiger partial charge on any atom is 0.407 e. The molecule has 1 amide bonds. The lowest BCUT2D eigenvalue weighted by Crippen LogP contribution is -2.34. The minimum atomic E-state index is -0.488. The first-order chi connectivity index (χ1) is 18.3. The van der Waals surface area contributed by atoms with Crippen LogP contribution in [0.5, 0.6) is 0 Å². The van der Waals surface area contributed by atoms with Crippen molar-refractivity contribution in [2.24, 2.45) is 0 Å². The highest BCUT2D eigenvalue weighted by Gasteiger charge is 2.23. The molecule has 38 heavy (non-hydrogen) atoms. The summed E-state index contributed by atoms with van der Waals surface area (Å²) in [5.41, 5.74) is 10.0. The number of halogens is 1. The van der Waals surface area contributed by atoms with Gasteiger partial charge in [-0.1, -0.05) is 71.8 Å². The Hall–Kier alpha value is -4.30. The minimum Gasteiger partial charge on any atom is -0.445 e. The van der Waals surface area contributed by atoms with Crippen molar-refractivity contribution >= 4 is 35.0 Å². The van der Waals surface area contributed by atoms with E-state index in [0.717, 1.165) is 11.1 Å². The maximum absolute atomic E-state index is 13.2. The zero-order chi connectivity index (χ0) is 27.1. The first-order valence-electron chi connectivity index (χ1n) is 12.3. The zero-order valence-corrected chi connectivity index (χ0v) is 22.0. The van der Waals surface area contributed by atoms with E-state index in [1.165, 1.54) is 0 Å². The third kappa shape index (κ3) is 6.72. The summed E-state index contributed by atoms with van der Waals surface area (Å²) >= 11 is 6.07. The van der Waals surface area contributed by atoms with Gasteiger partial charge in [0.05, 0.1) is 5.69 Å². The number of hydrogen-bond donors (Lipinski definition) is 3. The van der Waals surface area contributed by atoms with Gasteiger partial charge in [-0.3, -0.25) is 4.79 Å². The fourth-order valence-corrected chi connectivity index (χ4v) is 3.95. The third-order valence-corrected chi connectivity index (χ3v) is 6.22. The minimum absolute atomic E-state index is 0.155. The van der Waals surface area contributed by atoms with E-state index in [1.807, 2.05) is 56.3 Å². The highest BCUT2D eigenvalue weighted by atomic mass is 35.5. The average molecular weight is 532 g/mol. The van der Waals surface area contributed by atoms with Crippen LogP contribution in [0.4, 0.5) is 16.3 Å². The third-order valence-electron chi connectivity index (χ3n) is 5.97. The van der Waals surface area contributed by atoms with E-state index in [0.29, 0.717) is 35.1 Å². The SMILES string of the molecule is Cc1ccc(C(=O)c2nn(-c3ccc(Cl)cc3)c(NCCC(C)NC(=O)OCc3ccccc3)c2N)cc1. The van der Waals surface area contributed by atoms with E-state index in [-0.39, 0.29) is 29.8 Å². The van der Waals surface area contributed by atoms with Gasteiger partial charge in [0.2, 0.25) is 5.78 Å². The van der Waals surface area contributed by atoms with Gasteiger partial charge >= 0.3 is 6.09 Å². The Balaban J connectivity index is 1.44. The summed E-state index contributed by atoms with van der Waals surface area (Å²) in [6, 6.07) is 23.7. The molecule has 8 nitrogen and oxygen atoms in total. The molecule has 0 saturated carbocycles. The molecule has 1 unspecified atom stereocenters. The number of ether oxygens (including phenoxy) is 1. The predicted octanol–water partition coefficient (Wildman–Crippen LogP) is 5.76. The number of benzene rings is 3. The van der Waals surface area contributed by atoms with E-state index >= 15 is 0 Å². The molecule has 0 bridgehead atoms. The maximum atomic E-state index is 13.2. The molecular weight excluding hydrogens is 502 g/mol. The quantitative estimate of drug-likeness (QED) is 0.224. The lowest BCUT2D eigenvalue weighted by Gasteiger charge is -2.16. The van der Waals surface area contributed by atoms with E-state index in [9.17, 15) is 9.59 Å². The van der Waals surface area contributed by atoms with Crippen LogP contribution in [-0.2, 0) is 11.3 Å². The second-order valence-electron chi connectivity index (χ2n) is 9.02. The molecule has 196 valence electrons. The van der Waals surface area contributed by atoms with Crippen LogP contribution in [0, 0.1) is 6.92 Å². The molecule has 0 spiro atoms. The molecular formula is C29H30ClN5O3. The number of aromatic nitrogens is 2. The van der Waals surface area contributed by atoms with Gasteiger partial charge in [0.25, 0.3) is 0 Å². The summed E-state index contributed by atoms with van der Waals surface area (Å²) < 4.78 is 6.89. The number of rotatable bonds is 10. The van der Waals surface area contributed by atoms with Crippen molar-refractivity contribution in [1.29, 1.82) is 0 Å². The van der Waals surface area contributed by atoms with Crippen LogP contribution in [0.3, 0.4) is 0 Å². The van der Waals surface area contributed by atoms with Crippen molar-refractivity contribution < 1.29 is 14.3 Å². The van der Waals surface area contributed by atoms with Gasteiger partial charge in [-0.2, -0.15) is 5.10 Å². The number of nitrogen functional groups attached to an aromatic ring is 1. The molecule has 0 saturated heterocycles. The molecule has 0 aliphatic heterocycles. The van der Waals surface area contributed by atoms with Gasteiger partial charge in [0.1, 0.15) is 12.3 Å². The topological polar surface area (TPSA) is 111 Å². The lowest BCUT2D eigenvalue weighted by molar-refractivity contribution is 0.103. The Morgan fingerprint density at radius 2 is 1.71 bits per heavy atom. The van der Waals surface area contributed by atoms with Crippen LogP contribution >= 0.6 is 11.6 Å². The number of nitrogens with zero attached hydrogens (tertiary/aromatic N) is 2. The molecule has 1 aromatic heterocycles. The van der Waals surface area contributed by atoms with Crippen LogP contribution in [0.15, 0.2) is 78.9 Å². The number of amides is 1. The number of carbonyl (C=O) groups excluding carboxylic acids is 2. The van der Waals surface area contributed by atoms with Gasteiger partial charge < -0.3 is 21.1 Å². The Labute approximate surface area is 226 Å². The second-order valence-corrected chi connectivity index (χ2v) is 9.45. The monoisotopic (exact) mass is 531 g/mol. The Morgan fingerprint density at radius 1 is 1.03 bits per heavy atom. The van der Waals surface area contributed by atoms with Crippen molar-refractivity contribution in [2.45, 2.75) is 32.9 Å². The summed E-state index contributed by atoms with van der Waals surface area (Å²) in [5.74, 6) is 0.219. The molecule has 1 heterocycles. The number of nitrogens with two attached hydrogens (primary N) is 1. The molecule has 4 aromatic rings. The number of alkyl carbamates (subject to hydrolysis) is 1. The Morgan fingerprint density at radius 3 is 2.39 bits per heavy atom. The number of nitrogens with one attached hydrogen (secondary N) is 2. The molecule has 0 aliphatic rings. The summed E-state index contributed by atoms with van der Waals surface area (Å²) in [7, 11) is 0. The van der Waals surface area contributed by atoms with Crippen LogP contribution in [0.2, 0.25) is 5.02 Å². The van der Waals surface area contributed by atoms with Gasteiger partial charge in [-0.15, -0.1) is 0 Å². The van der Waals surface area contributed by atoms with Gasteiger partial charge in [-0.05, 0) is 50.1 Å². The van der Waals surface area contributed by atoms with Crippen molar-refractivity contribution in [3.05, 3.63) is 106 Å². The fraction of sp³-hybridized carbons (Fsp3) is 0.207. The van der Waals surface area contributed by atoms with Crippen molar-refractivity contribution in [3.8, 4) is 5.69 Å². The van der Waals surface area contributed by atoms with E-state index in [4.69, 9.17) is 22.1 Å². The van der Waals surface area contributed by atoms with Gasteiger partial charge in [0, 0.05) is 23.2 Å². The first-order valence-corrected chi connectivity index (χ1v) is 12.7. The first kappa shape index (κ1) is 26.8. The molecule has 4 rings (SSSR count). The number of carbonyl (C=O) groups is 2. The highest BCUT2D eigenvalue weighted by Crippen LogP contribution is 2.29. The molecule has 0 aliphatic carbocycles. The average Bonchev–Trinajstić information content (AvgIpc) is 3.24. The summed E-state index contributed by atoms with van der Waals surface area (Å²) in [4.78, 5) is 25.4. The van der Waals surface area contributed by atoms with Crippen molar-refractivity contribution in [1.82, 2.24) is 15.1 Å². The molecule has 0 fully saturated rings. The molecule has 0 radical (unpaired) electrons. The Bertz CT molecular complexity index is 1390. The van der Waals surface area contributed by atoms with Crippen LogP contribution < -0.4 is 16.4 Å². The largest absolute Gasteiger partial charge is 0.445 e. The summed E-state index contributed by atoms with van der Waals surface area (Å²) in [6.07, 6.45) is 0.0884. The van der Waals surface area contributed by atoms with E-state index in [1.54, 1.807) is 41.1 Å². The number of hydrogen-bond acceptors (Lipinski definition) is 6. The zero-order valence-electron chi connectivity index (χ0n) is 21.3. The molecule has 1 atom stereocenters. The number of ketones is 1. The normalized spacial score (nSPS) is 11.6. The van der Waals surface area contributed by atoms with Crippen LogP contribution in [-0.4, -0.2) is 34.2 Å². The highest BCUT2D eigenvalue weighted by molar-refractivity contribution is 6.30. The Kier molecular flexibility index (Phi) is 8.66. The number of aryl methyl sites for hydroxylation is 1. The van der Waals surface area contributed by atoms with Gasteiger partial charge in [-0.25, -0.2) is 9.48 Å². The lowest BCUT2D eigenvalue weighted by atomic mass is 10.1. The van der Waals surface area contributed by atoms with Crippen molar-refractivity contribution in [3.63, 3.8) is 0 Å². The van der Waals surface area contributed by atoms with Crippen LogP contribution in [0.25, 0.3) is 5.69 Å². The molecule has 3 aromatic carbocycles. The summed E-state index contributed by atoms with van der Waals surface area (Å²) in [6.45, 7) is 4.50. The van der Waals surface area contributed by atoms with E-state index in [2.05, 4.69) is 15.7 Å². The summed E-state index contributed by atoms with van der Waals surface area (Å²) in [5, 5.41) is 11.3. The van der Waals surface area contributed by atoms with E-state index < -0.39 is 6.09 Å². The second kappa shape index (κ2) is 12.3. The fourth-order valence-electron chi connectivity index (χ4n) is 3.82. The van der Waals surface area contributed by atoms with Crippen LogP contribution in [0.1, 0.15) is 40.5 Å². The standard InChI is InChI=1S/C29H30ClN5O3/c1-19-8-10-22(11-9-19)27(36)26-25(31)28(35(34-26)24-14-12-23(30)13-15-24)32-17-16-20(2)33-29(37)38-18-21-6-4-3-5-7-21/h3-15,20,32H,16-18,31H2,1-2H3,(H,33,37). The predicted molar refractivity (Wildman–Crippen MR) is 150 cm³/mol. The number of anilines is 2. The molecule has 9 heteroatoms. The van der Waals surface area contributed by atoms with Crippen molar-refractivity contribution in [2.75, 3.05) is 17.6 Å². The molecule has 4 N–H and O–H groups in total. The van der Waals surface area contributed by atoms with Gasteiger partial charge in [0.15, 0.2) is 11.5 Å². The smallest absolute Gasteiger partial charge is 0.407 e.